The van der Waals surface area contributed by atoms with E-state index in [1.165, 1.54) is 5.56 Å². The Bertz CT molecular complexity index is 946. The van der Waals surface area contributed by atoms with Crippen molar-refractivity contribution in [2.45, 2.75) is 59.4 Å². The fourth-order valence-corrected chi connectivity index (χ4v) is 3.82. The molecule has 0 saturated carbocycles. The maximum atomic E-state index is 12.7. The Morgan fingerprint density at radius 3 is 2.19 bits per heavy atom. The smallest absolute Gasteiger partial charge is 0.326 e. The van der Waals surface area contributed by atoms with Crippen molar-refractivity contribution < 1.29 is 24.6 Å². The molecule has 0 heterocycles. The van der Waals surface area contributed by atoms with E-state index in [2.05, 4.69) is 42.6 Å². The number of carbonyl (C=O) groups is 3. The van der Waals surface area contributed by atoms with E-state index in [-0.39, 0.29) is 6.42 Å². The van der Waals surface area contributed by atoms with Crippen LogP contribution in [0.15, 0.2) is 48.5 Å². The van der Waals surface area contributed by atoms with Crippen molar-refractivity contribution in [1.29, 1.82) is 0 Å². The third-order valence-corrected chi connectivity index (χ3v) is 5.59. The number of hydrogen-bond acceptors (Lipinski definition) is 3. The summed E-state index contributed by atoms with van der Waals surface area (Å²) in [6.07, 6.45) is 1.38. The van der Waals surface area contributed by atoms with Crippen LogP contribution in [0.3, 0.4) is 0 Å². The van der Waals surface area contributed by atoms with Gasteiger partial charge >= 0.3 is 11.9 Å². The number of carboxylic acid groups (broad SMARTS) is 2. The maximum absolute atomic E-state index is 12.7. The molecule has 2 rings (SSSR count). The molecule has 32 heavy (non-hydrogen) atoms. The van der Waals surface area contributed by atoms with Crippen LogP contribution in [0.5, 0.6) is 0 Å². The second kappa shape index (κ2) is 10.9. The number of aliphatic carboxylic acids is 2. The SMILES string of the molecule is Cc1cc(CCC[C@H](CC(=O)O)C(=O)N[C@H](C(=O)O)C(C)(C)C)ccc1-c1ccccc1. The molecule has 0 bridgehead atoms. The second-order valence-electron chi connectivity index (χ2n) is 9.35. The van der Waals surface area contributed by atoms with Crippen molar-refractivity contribution in [1.82, 2.24) is 5.32 Å². The van der Waals surface area contributed by atoms with Gasteiger partial charge in [-0.05, 0) is 53.9 Å². The van der Waals surface area contributed by atoms with E-state index in [0.29, 0.717) is 19.3 Å². The van der Waals surface area contributed by atoms with Gasteiger partial charge in [0.2, 0.25) is 5.91 Å². The van der Waals surface area contributed by atoms with Gasteiger partial charge in [-0.15, -0.1) is 0 Å². The first-order chi connectivity index (χ1) is 15.0. The summed E-state index contributed by atoms with van der Waals surface area (Å²) in [6, 6.07) is 15.3. The summed E-state index contributed by atoms with van der Waals surface area (Å²) < 4.78 is 0. The maximum Gasteiger partial charge on any atom is 0.326 e. The Labute approximate surface area is 189 Å². The van der Waals surface area contributed by atoms with Gasteiger partial charge in [-0.25, -0.2) is 4.79 Å². The molecule has 0 unspecified atom stereocenters. The van der Waals surface area contributed by atoms with Gasteiger partial charge in [-0.1, -0.05) is 69.3 Å². The normalized spacial score (nSPS) is 13.2. The molecule has 0 saturated heterocycles. The van der Waals surface area contributed by atoms with Crippen LogP contribution in [0.2, 0.25) is 0 Å². The van der Waals surface area contributed by atoms with Crippen LogP contribution in [0.1, 0.15) is 51.2 Å². The first kappa shape index (κ1) is 25.1. The molecule has 2 atom stereocenters. The van der Waals surface area contributed by atoms with Gasteiger partial charge in [0.25, 0.3) is 0 Å². The van der Waals surface area contributed by atoms with Crippen molar-refractivity contribution >= 4 is 17.8 Å². The minimum absolute atomic E-state index is 0.325. The highest BCUT2D eigenvalue weighted by atomic mass is 16.4. The topological polar surface area (TPSA) is 104 Å². The minimum Gasteiger partial charge on any atom is -0.481 e. The highest BCUT2D eigenvalue weighted by Crippen LogP contribution is 2.25. The predicted molar refractivity (Wildman–Crippen MR) is 124 cm³/mol. The fourth-order valence-electron chi connectivity index (χ4n) is 3.82. The van der Waals surface area contributed by atoms with Gasteiger partial charge in [0.05, 0.1) is 6.42 Å². The molecular formula is C26H33NO5. The van der Waals surface area contributed by atoms with Crippen molar-refractivity contribution in [3.63, 3.8) is 0 Å². The van der Waals surface area contributed by atoms with Crippen molar-refractivity contribution in [2.24, 2.45) is 11.3 Å². The Balaban J connectivity index is 2.03. The van der Waals surface area contributed by atoms with E-state index in [1.54, 1.807) is 20.8 Å². The van der Waals surface area contributed by atoms with Gasteiger partial charge in [-0.2, -0.15) is 0 Å². The molecule has 172 valence electrons. The first-order valence-corrected chi connectivity index (χ1v) is 10.9. The standard InChI is InChI=1S/C26H33NO5/c1-17-15-18(13-14-21(17)19-10-6-5-7-11-19)9-8-12-20(16-22(28)29)24(30)27-23(25(31)32)26(2,3)4/h5-7,10-11,13-15,20,23H,8-9,12,16H2,1-4H3,(H,27,30)(H,28,29)(H,31,32)/t20-,23-/m1/s1. The van der Waals surface area contributed by atoms with Gasteiger partial charge in [0.15, 0.2) is 0 Å². The summed E-state index contributed by atoms with van der Waals surface area (Å²) >= 11 is 0. The second-order valence-corrected chi connectivity index (χ2v) is 9.35. The summed E-state index contributed by atoms with van der Waals surface area (Å²) in [7, 11) is 0. The van der Waals surface area contributed by atoms with Gasteiger partial charge in [-0.3, -0.25) is 9.59 Å². The van der Waals surface area contributed by atoms with Crippen molar-refractivity contribution in [3.8, 4) is 11.1 Å². The Morgan fingerprint density at radius 1 is 1.00 bits per heavy atom. The lowest BCUT2D eigenvalue weighted by Crippen LogP contribution is -2.51. The molecule has 0 aliphatic carbocycles. The highest BCUT2D eigenvalue weighted by molar-refractivity contribution is 5.87. The number of rotatable bonds is 10. The molecule has 1 amide bonds. The van der Waals surface area contributed by atoms with E-state index in [9.17, 15) is 24.6 Å². The molecule has 6 nitrogen and oxygen atoms in total. The van der Waals surface area contributed by atoms with E-state index in [1.807, 2.05) is 18.2 Å². The number of amides is 1. The zero-order valence-electron chi connectivity index (χ0n) is 19.2. The largest absolute Gasteiger partial charge is 0.481 e. The lowest BCUT2D eigenvalue weighted by molar-refractivity contribution is -0.146. The summed E-state index contributed by atoms with van der Waals surface area (Å²) in [5.41, 5.74) is 3.91. The van der Waals surface area contributed by atoms with Crippen LogP contribution in [-0.4, -0.2) is 34.1 Å². The Kier molecular flexibility index (Phi) is 8.58. The number of carboxylic acids is 2. The van der Waals surface area contributed by atoms with Crippen LogP contribution < -0.4 is 5.32 Å². The van der Waals surface area contributed by atoms with Crippen LogP contribution in [-0.2, 0) is 20.8 Å². The third-order valence-electron chi connectivity index (χ3n) is 5.59. The van der Waals surface area contributed by atoms with Crippen LogP contribution in [0.4, 0.5) is 0 Å². The number of aryl methyl sites for hydroxylation is 2. The molecule has 0 aliphatic rings. The van der Waals surface area contributed by atoms with E-state index >= 15 is 0 Å². The van der Waals surface area contributed by atoms with Gasteiger partial charge in [0.1, 0.15) is 6.04 Å². The molecule has 6 heteroatoms. The molecule has 2 aromatic rings. The molecule has 0 spiro atoms. The quantitative estimate of drug-likeness (QED) is 0.498. The first-order valence-electron chi connectivity index (χ1n) is 10.9. The summed E-state index contributed by atoms with van der Waals surface area (Å²) in [5, 5.41) is 21.2. The number of benzene rings is 2. The average Bonchev–Trinajstić information content (AvgIpc) is 2.70. The zero-order chi connectivity index (χ0) is 23.9. The average molecular weight is 440 g/mol. The molecule has 2 aromatic carbocycles. The van der Waals surface area contributed by atoms with E-state index in [0.717, 1.165) is 16.7 Å². The predicted octanol–water partition coefficient (Wildman–Crippen LogP) is 4.69. The van der Waals surface area contributed by atoms with Crippen molar-refractivity contribution in [2.75, 3.05) is 0 Å². The lowest BCUT2D eigenvalue weighted by Gasteiger charge is -2.29. The van der Waals surface area contributed by atoms with E-state index < -0.39 is 35.2 Å². The molecule has 0 fully saturated rings. The summed E-state index contributed by atoms with van der Waals surface area (Å²) in [4.78, 5) is 35.5. The zero-order valence-corrected chi connectivity index (χ0v) is 19.2. The number of carbonyl (C=O) groups excluding carboxylic acids is 1. The molecule has 0 radical (unpaired) electrons. The third kappa shape index (κ3) is 7.22. The Hall–Kier alpha value is -3.15. The minimum atomic E-state index is -1.13. The summed E-state index contributed by atoms with van der Waals surface area (Å²) in [5.74, 6) is -3.50. The molecule has 0 aliphatic heterocycles. The molecular weight excluding hydrogens is 406 g/mol. The van der Waals surface area contributed by atoms with Crippen molar-refractivity contribution in [3.05, 3.63) is 59.7 Å². The van der Waals surface area contributed by atoms with Gasteiger partial charge in [0, 0.05) is 5.92 Å². The van der Waals surface area contributed by atoms with E-state index in [4.69, 9.17) is 0 Å². The van der Waals surface area contributed by atoms with Crippen LogP contribution in [0.25, 0.3) is 11.1 Å². The molecule has 3 N–H and O–H groups in total. The fraction of sp³-hybridized carbons (Fsp3) is 0.423. The Morgan fingerprint density at radius 2 is 1.66 bits per heavy atom. The molecule has 0 aromatic heterocycles. The summed E-state index contributed by atoms with van der Waals surface area (Å²) in [6.45, 7) is 7.23. The number of nitrogens with one attached hydrogen (secondary N) is 1. The lowest BCUT2D eigenvalue weighted by atomic mass is 9.86. The number of hydrogen-bond donors (Lipinski definition) is 3. The highest BCUT2D eigenvalue weighted by Gasteiger charge is 2.34. The van der Waals surface area contributed by atoms with Crippen LogP contribution in [0, 0.1) is 18.3 Å². The van der Waals surface area contributed by atoms with Gasteiger partial charge < -0.3 is 15.5 Å². The monoisotopic (exact) mass is 439 g/mol. The van der Waals surface area contributed by atoms with Crippen LogP contribution >= 0.6 is 0 Å².